The lowest BCUT2D eigenvalue weighted by Crippen LogP contribution is -2.54. The number of nitrogens with one attached hydrogen (secondary N) is 1. The molecule has 0 saturated carbocycles. The second-order valence-electron chi connectivity index (χ2n) is 4.62. The molecule has 6 nitrogen and oxygen atoms in total. The van der Waals surface area contributed by atoms with E-state index in [1.54, 1.807) is 14.0 Å². The van der Waals surface area contributed by atoms with Gasteiger partial charge in [0.15, 0.2) is 0 Å². The van der Waals surface area contributed by atoms with Gasteiger partial charge in [0.1, 0.15) is 6.04 Å². The number of likely N-dealkylation sites (N-methyl/N-ethyl adjacent to an activating group) is 1. The number of nitrogens with zero attached hydrogens (tertiary/aromatic N) is 1. The van der Waals surface area contributed by atoms with Crippen LogP contribution in [0.25, 0.3) is 0 Å². The molecule has 0 aliphatic rings. The molecule has 0 aromatic rings. The smallest absolute Gasteiger partial charge is 0.326 e. The second kappa shape index (κ2) is 6.44. The first-order chi connectivity index (χ1) is 7.75. The van der Waals surface area contributed by atoms with Gasteiger partial charge in [0, 0.05) is 14.2 Å². The average molecular weight is 246 g/mol. The quantitative estimate of drug-likeness (QED) is 0.730. The lowest BCUT2D eigenvalue weighted by molar-refractivity contribution is -0.141. The minimum Gasteiger partial charge on any atom is -0.480 e. The van der Waals surface area contributed by atoms with Crippen molar-refractivity contribution in [2.45, 2.75) is 38.8 Å². The second-order valence-corrected chi connectivity index (χ2v) is 4.62. The number of carboxylic acid groups (broad SMARTS) is 1. The molecule has 0 aliphatic carbocycles. The summed E-state index contributed by atoms with van der Waals surface area (Å²) in [5, 5.41) is 11.7. The zero-order valence-electron chi connectivity index (χ0n) is 11.1. The normalized spacial score (nSPS) is 13.0. The third-order valence-electron chi connectivity index (χ3n) is 2.41. The van der Waals surface area contributed by atoms with Crippen LogP contribution in [-0.4, -0.2) is 54.4 Å². The molecule has 0 heterocycles. The monoisotopic (exact) mass is 246 g/mol. The number of rotatable bonds is 6. The standard InChI is InChI=1S/C11H22N2O4/c1-6-8(9(14)15)13(4)10(16)12-11(2,3)7-17-5/h8H,6-7H2,1-5H3,(H,12,16)(H,14,15). The van der Waals surface area contributed by atoms with Crippen molar-refractivity contribution in [2.75, 3.05) is 20.8 Å². The number of hydrogen-bond donors (Lipinski definition) is 2. The van der Waals surface area contributed by atoms with Crippen LogP contribution >= 0.6 is 0 Å². The van der Waals surface area contributed by atoms with E-state index >= 15 is 0 Å². The fourth-order valence-corrected chi connectivity index (χ4v) is 1.53. The van der Waals surface area contributed by atoms with Gasteiger partial charge in [0.2, 0.25) is 0 Å². The molecule has 1 atom stereocenters. The Kier molecular flexibility index (Phi) is 5.95. The largest absolute Gasteiger partial charge is 0.480 e. The van der Waals surface area contributed by atoms with Gasteiger partial charge in [-0.25, -0.2) is 9.59 Å². The lowest BCUT2D eigenvalue weighted by atomic mass is 10.1. The summed E-state index contributed by atoms with van der Waals surface area (Å²) in [5.41, 5.74) is -0.531. The van der Waals surface area contributed by atoms with Gasteiger partial charge in [-0.2, -0.15) is 0 Å². The van der Waals surface area contributed by atoms with Crippen molar-refractivity contribution < 1.29 is 19.4 Å². The number of amides is 2. The molecule has 0 radical (unpaired) electrons. The number of methoxy groups -OCH3 is 1. The molecular weight excluding hydrogens is 224 g/mol. The van der Waals surface area contributed by atoms with Gasteiger partial charge < -0.3 is 20.1 Å². The number of carbonyl (C=O) groups is 2. The summed E-state index contributed by atoms with van der Waals surface area (Å²) in [6.07, 6.45) is 0.365. The van der Waals surface area contributed by atoms with Gasteiger partial charge in [-0.05, 0) is 20.3 Å². The van der Waals surface area contributed by atoms with E-state index < -0.39 is 23.6 Å². The van der Waals surface area contributed by atoms with Gasteiger partial charge in [-0.15, -0.1) is 0 Å². The van der Waals surface area contributed by atoms with Gasteiger partial charge in [0.05, 0.1) is 12.1 Å². The Morgan fingerprint density at radius 3 is 2.35 bits per heavy atom. The predicted octanol–water partition coefficient (Wildman–Crippen LogP) is 0.916. The Morgan fingerprint density at radius 2 is 2.00 bits per heavy atom. The molecule has 0 spiro atoms. The number of urea groups is 1. The molecule has 0 aromatic carbocycles. The highest BCUT2D eigenvalue weighted by molar-refractivity contribution is 5.82. The minimum absolute atomic E-state index is 0.358. The predicted molar refractivity (Wildman–Crippen MR) is 64.0 cm³/mol. The van der Waals surface area contributed by atoms with E-state index in [4.69, 9.17) is 9.84 Å². The molecule has 0 fully saturated rings. The van der Waals surface area contributed by atoms with Crippen LogP contribution in [0.4, 0.5) is 4.79 Å². The van der Waals surface area contributed by atoms with E-state index in [9.17, 15) is 9.59 Å². The highest BCUT2D eigenvalue weighted by Crippen LogP contribution is 2.07. The van der Waals surface area contributed by atoms with Crippen molar-refractivity contribution in [3.8, 4) is 0 Å². The first-order valence-electron chi connectivity index (χ1n) is 5.52. The van der Waals surface area contributed by atoms with Crippen LogP contribution in [-0.2, 0) is 9.53 Å². The molecule has 17 heavy (non-hydrogen) atoms. The molecule has 0 aliphatic heterocycles. The summed E-state index contributed by atoms with van der Waals surface area (Å²) >= 11 is 0. The first kappa shape index (κ1) is 15.7. The first-order valence-corrected chi connectivity index (χ1v) is 5.52. The number of carboxylic acids is 1. The molecule has 6 heteroatoms. The molecule has 0 saturated heterocycles. The Hall–Kier alpha value is -1.30. The van der Waals surface area contributed by atoms with E-state index in [0.29, 0.717) is 13.0 Å². The van der Waals surface area contributed by atoms with Gasteiger partial charge in [-0.3, -0.25) is 0 Å². The molecule has 0 bridgehead atoms. The van der Waals surface area contributed by atoms with E-state index in [2.05, 4.69) is 5.32 Å². The Labute approximate surface area is 102 Å². The van der Waals surface area contributed by atoms with Gasteiger partial charge >= 0.3 is 12.0 Å². The topological polar surface area (TPSA) is 78.9 Å². The van der Waals surface area contributed by atoms with Crippen molar-refractivity contribution in [3.05, 3.63) is 0 Å². The van der Waals surface area contributed by atoms with Crippen LogP contribution < -0.4 is 5.32 Å². The molecule has 1 unspecified atom stereocenters. The van der Waals surface area contributed by atoms with E-state index in [0.717, 1.165) is 0 Å². The van der Waals surface area contributed by atoms with Crippen molar-refractivity contribution >= 4 is 12.0 Å². The van der Waals surface area contributed by atoms with Crippen LogP contribution in [0.3, 0.4) is 0 Å². The lowest BCUT2D eigenvalue weighted by Gasteiger charge is -2.30. The van der Waals surface area contributed by atoms with Crippen molar-refractivity contribution in [3.63, 3.8) is 0 Å². The number of aliphatic carboxylic acids is 1. The van der Waals surface area contributed by atoms with Crippen LogP contribution in [0, 0.1) is 0 Å². The van der Waals surface area contributed by atoms with Crippen LogP contribution in [0.1, 0.15) is 27.2 Å². The number of ether oxygens (including phenoxy) is 1. The molecule has 100 valence electrons. The molecular formula is C11H22N2O4. The zero-order valence-corrected chi connectivity index (χ0v) is 11.1. The minimum atomic E-state index is -1.00. The number of carbonyl (C=O) groups excluding carboxylic acids is 1. The molecule has 0 rings (SSSR count). The number of hydrogen-bond acceptors (Lipinski definition) is 3. The van der Waals surface area contributed by atoms with Gasteiger partial charge in [0.25, 0.3) is 0 Å². The van der Waals surface area contributed by atoms with Crippen molar-refractivity contribution in [1.82, 2.24) is 10.2 Å². The summed E-state index contributed by atoms with van der Waals surface area (Å²) in [6, 6.07) is -1.23. The van der Waals surface area contributed by atoms with Crippen LogP contribution in [0.2, 0.25) is 0 Å². The Balaban J connectivity index is 4.55. The summed E-state index contributed by atoms with van der Waals surface area (Å²) < 4.78 is 4.97. The summed E-state index contributed by atoms with van der Waals surface area (Å²) in [6.45, 7) is 5.70. The third-order valence-corrected chi connectivity index (χ3v) is 2.41. The summed E-state index contributed by atoms with van der Waals surface area (Å²) in [7, 11) is 3.02. The molecule has 0 aromatic heterocycles. The maximum Gasteiger partial charge on any atom is 0.326 e. The van der Waals surface area contributed by atoms with E-state index in [1.807, 2.05) is 13.8 Å². The molecule has 2 N–H and O–H groups in total. The highest BCUT2D eigenvalue weighted by Gasteiger charge is 2.28. The SMILES string of the molecule is CCC(C(=O)O)N(C)C(=O)NC(C)(C)COC. The van der Waals surface area contributed by atoms with Crippen LogP contribution in [0.5, 0.6) is 0 Å². The van der Waals surface area contributed by atoms with Crippen molar-refractivity contribution in [2.24, 2.45) is 0 Å². The maximum atomic E-state index is 11.8. The molecule has 2 amide bonds. The fraction of sp³-hybridized carbons (Fsp3) is 0.818. The average Bonchev–Trinajstić information content (AvgIpc) is 2.16. The van der Waals surface area contributed by atoms with Crippen molar-refractivity contribution in [1.29, 1.82) is 0 Å². The van der Waals surface area contributed by atoms with Gasteiger partial charge in [-0.1, -0.05) is 6.92 Å². The van der Waals surface area contributed by atoms with Crippen LogP contribution in [0.15, 0.2) is 0 Å². The summed E-state index contributed by atoms with van der Waals surface area (Å²) in [4.78, 5) is 23.9. The zero-order chi connectivity index (χ0) is 13.6. The highest BCUT2D eigenvalue weighted by atomic mass is 16.5. The maximum absolute atomic E-state index is 11.8. The third kappa shape index (κ3) is 5.04. The Bertz CT molecular complexity index is 279. The fourth-order valence-electron chi connectivity index (χ4n) is 1.53. The summed E-state index contributed by atoms with van der Waals surface area (Å²) in [5.74, 6) is -1.00. The van der Waals surface area contributed by atoms with E-state index in [1.165, 1.54) is 11.9 Å². The van der Waals surface area contributed by atoms with E-state index in [-0.39, 0.29) is 0 Å². The Morgan fingerprint density at radius 1 is 1.47 bits per heavy atom.